The fourth-order valence-corrected chi connectivity index (χ4v) is 12.4. The van der Waals surface area contributed by atoms with Crippen LogP contribution in [0.4, 0.5) is 23.3 Å². The summed E-state index contributed by atoms with van der Waals surface area (Å²) in [6.07, 6.45) is 13.6. The van der Waals surface area contributed by atoms with Gasteiger partial charge in [-0.3, -0.25) is 4.90 Å². The van der Waals surface area contributed by atoms with Gasteiger partial charge in [-0.1, -0.05) is 194 Å². The van der Waals surface area contributed by atoms with Crippen LogP contribution in [0.1, 0.15) is 44.5 Å². The number of para-hydroxylation sites is 4. The highest BCUT2D eigenvalue weighted by molar-refractivity contribution is 9.10. The molecule has 11 nitrogen and oxygen atoms in total. The molecule has 14 aromatic rings. The highest BCUT2D eigenvalue weighted by Gasteiger charge is 2.26. The quantitative estimate of drug-likeness (QED) is 0.124. The maximum atomic E-state index is 5.78. The molecule has 0 radical (unpaired) electrons. The summed E-state index contributed by atoms with van der Waals surface area (Å²) in [5.41, 5.74) is 24.8. The molecule has 18 rings (SSSR count). The number of hydrogen-bond donors (Lipinski definition) is 1. The number of nitrogens with two attached hydrogens (primary N) is 1. The molecule has 13 heteroatoms. The van der Waals surface area contributed by atoms with E-state index in [4.69, 9.17) is 20.4 Å². The molecule has 0 unspecified atom stereocenters. The lowest BCUT2D eigenvalue weighted by Gasteiger charge is -2.31. The summed E-state index contributed by atoms with van der Waals surface area (Å²) < 4.78 is 7.07. The van der Waals surface area contributed by atoms with Gasteiger partial charge in [-0.25, -0.2) is 39.9 Å². The first kappa shape index (κ1) is 54.8. The average Bonchev–Trinajstić information content (AvgIpc) is 1.57. The Morgan fingerprint density at radius 3 is 1.36 bits per heavy atom. The van der Waals surface area contributed by atoms with E-state index < -0.39 is 0 Å². The summed E-state index contributed by atoms with van der Waals surface area (Å²) >= 11 is 6.62. The standard InChI is InChI=1S/C25H17N3.C13H10O.C12H9BrN2.C12H7BrN2.C12H11N3/c1-4-10-21-17(7-1)13-14-20-16-26-25(27-24(20)21)28-22-11-5-2-8-18(22)15-19-9-3-6-12-23(19)28;1-3-7-12-10(5-1)9-11-6-2-4-8-13(11)14-12;3*13-12-14-7-9-6-5-8-3-1-2-4-10(8)11(9)15-12/h1-14,16H,15H2;1-8H,9H2;1-4,7H,5-6H2;1-7H;1-4,7H,5-6H2,(H2,13,14,15). The fourth-order valence-electron chi connectivity index (χ4n) is 11.9. The number of aromatic nitrogens is 8. The second-order valence-corrected chi connectivity index (χ2v) is 22.9. The Morgan fingerprint density at radius 1 is 0.345 bits per heavy atom. The van der Waals surface area contributed by atoms with E-state index in [1.807, 2.05) is 73.3 Å². The summed E-state index contributed by atoms with van der Waals surface area (Å²) in [6.45, 7) is 0. The monoisotopic (exact) mass is 1260 g/mol. The number of rotatable bonds is 1. The number of hydrogen-bond acceptors (Lipinski definition) is 11. The lowest BCUT2D eigenvalue weighted by Crippen LogP contribution is -2.20. The number of nitrogens with zero attached hydrogens (tertiary/aromatic N) is 9. The van der Waals surface area contributed by atoms with Gasteiger partial charge in [0.2, 0.25) is 11.9 Å². The number of fused-ring (bicyclic) bond motifs is 16. The number of anilines is 4. The van der Waals surface area contributed by atoms with E-state index in [1.54, 1.807) is 0 Å². The molecule has 420 valence electrons. The van der Waals surface area contributed by atoms with Crippen molar-refractivity contribution in [2.75, 3.05) is 10.6 Å². The van der Waals surface area contributed by atoms with Gasteiger partial charge in [0.1, 0.15) is 11.5 Å². The molecule has 0 saturated carbocycles. The topological polar surface area (TPSA) is 142 Å². The molecule has 0 fully saturated rings. The van der Waals surface area contributed by atoms with Crippen LogP contribution in [0.3, 0.4) is 0 Å². The zero-order chi connectivity index (χ0) is 58.6. The molecule has 2 N–H and O–H groups in total. The number of benzene rings is 10. The molecule has 2 aliphatic heterocycles. The minimum Gasteiger partial charge on any atom is -0.457 e. The van der Waals surface area contributed by atoms with E-state index in [1.165, 1.54) is 66.4 Å². The molecule has 87 heavy (non-hydrogen) atoms. The molecule has 0 atom stereocenters. The molecule has 2 aliphatic carbocycles. The predicted molar refractivity (Wildman–Crippen MR) is 357 cm³/mol. The lowest BCUT2D eigenvalue weighted by atomic mass is 9.90. The highest BCUT2D eigenvalue weighted by atomic mass is 79.9. The number of aryl methyl sites for hydroxylation is 4. The molecule has 0 saturated heterocycles. The van der Waals surface area contributed by atoms with Crippen LogP contribution < -0.4 is 15.4 Å². The van der Waals surface area contributed by atoms with Gasteiger partial charge in [-0.15, -0.1) is 0 Å². The summed E-state index contributed by atoms with van der Waals surface area (Å²) in [5, 5.41) is 6.84. The SMILES string of the molecule is Brc1ncc2c(n1)-c1ccccc1CC2.Brc1ncc2ccc3ccccc3c2n1.Nc1ncc2c(n1)-c1ccccc1CC2.c1ccc2c(c1)Cc1ccccc1N2c1ncc2ccc3ccccc3c2n1.c1ccc2c(c1)Cc1ccccc1O2. The van der Waals surface area contributed by atoms with Crippen molar-refractivity contribution in [2.24, 2.45) is 0 Å². The maximum absolute atomic E-state index is 5.78. The number of nitrogen functional groups attached to an aromatic ring is 1. The number of ether oxygens (including phenoxy) is 1. The van der Waals surface area contributed by atoms with Gasteiger partial charge in [0.15, 0.2) is 9.47 Å². The Labute approximate surface area is 520 Å². The van der Waals surface area contributed by atoms with Gasteiger partial charge >= 0.3 is 0 Å². The Hall–Kier alpha value is -10.1. The van der Waals surface area contributed by atoms with Crippen LogP contribution in [-0.2, 0) is 38.5 Å². The van der Waals surface area contributed by atoms with Crippen LogP contribution >= 0.6 is 31.9 Å². The van der Waals surface area contributed by atoms with E-state index in [-0.39, 0.29) is 0 Å². The summed E-state index contributed by atoms with van der Waals surface area (Å²) in [5.74, 6) is 3.05. The summed E-state index contributed by atoms with van der Waals surface area (Å²) in [7, 11) is 0. The van der Waals surface area contributed by atoms with Crippen LogP contribution in [0.2, 0.25) is 0 Å². The molecule has 6 heterocycles. The number of halogens is 2. The van der Waals surface area contributed by atoms with Gasteiger partial charge in [-0.05, 0) is 137 Å². The maximum Gasteiger partial charge on any atom is 0.235 e. The van der Waals surface area contributed by atoms with Crippen LogP contribution in [0.25, 0.3) is 65.9 Å². The molecule has 0 bridgehead atoms. The molecule has 10 aromatic carbocycles. The Balaban J connectivity index is 0.0000000991. The van der Waals surface area contributed by atoms with E-state index >= 15 is 0 Å². The zero-order valence-electron chi connectivity index (χ0n) is 47.1. The van der Waals surface area contributed by atoms with Crippen molar-refractivity contribution >= 4 is 98.5 Å². The highest BCUT2D eigenvalue weighted by Crippen LogP contribution is 2.43. The van der Waals surface area contributed by atoms with Crippen LogP contribution in [0, 0.1) is 0 Å². The average molecular weight is 1260 g/mol. The Bertz CT molecular complexity index is 4670. The molecule has 0 amide bonds. The fraction of sp³-hybridized carbons (Fsp3) is 0.0811. The van der Waals surface area contributed by atoms with E-state index in [2.05, 4.69) is 237 Å². The van der Waals surface area contributed by atoms with Crippen molar-refractivity contribution in [1.29, 1.82) is 0 Å². The largest absolute Gasteiger partial charge is 0.457 e. The molecular formula is C74H54Br2N10O. The first-order valence-electron chi connectivity index (χ1n) is 28.9. The molecule has 4 aliphatic rings. The zero-order valence-corrected chi connectivity index (χ0v) is 50.3. The summed E-state index contributed by atoms with van der Waals surface area (Å²) in [4.78, 5) is 37.5. The molecule has 4 aromatic heterocycles. The van der Waals surface area contributed by atoms with Crippen molar-refractivity contribution in [3.63, 3.8) is 0 Å². The van der Waals surface area contributed by atoms with Crippen molar-refractivity contribution in [2.45, 2.75) is 38.5 Å². The van der Waals surface area contributed by atoms with E-state index in [0.29, 0.717) is 21.4 Å². The van der Waals surface area contributed by atoms with Crippen molar-refractivity contribution in [3.05, 3.63) is 297 Å². The molecule has 0 spiro atoms. The first-order chi connectivity index (χ1) is 42.8. The Morgan fingerprint density at radius 2 is 0.759 bits per heavy atom. The third-order valence-corrected chi connectivity index (χ3v) is 16.9. The second-order valence-electron chi connectivity index (χ2n) is 21.5. The first-order valence-corrected chi connectivity index (χ1v) is 30.5. The third kappa shape index (κ3) is 11.5. The molecular weight excluding hydrogens is 1200 g/mol. The smallest absolute Gasteiger partial charge is 0.235 e. The van der Waals surface area contributed by atoms with Crippen LogP contribution in [0.5, 0.6) is 11.5 Å². The lowest BCUT2D eigenvalue weighted by molar-refractivity contribution is 0.460. The van der Waals surface area contributed by atoms with Gasteiger partial charge in [0.05, 0.1) is 33.8 Å². The van der Waals surface area contributed by atoms with Crippen LogP contribution in [0.15, 0.2) is 253 Å². The van der Waals surface area contributed by atoms with Gasteiger partial charge < -0.3 is 10.5 Å². The second kappa shape index (κ2) is 24.5. The summed E-state index contributed by atoms with van der Waals surface area (Å²) in [6, 6.07) is 75.2. The minimum atomic E-state index is 0.352. The minimum absolute atomic E-state index is 0.352. The van der Waals surface area contributed by atoms with E-state index in [0.717, 1.165) is 105 Å². The van der Waals surface area contributed by atoms with Crippen molar-refractivity contribution < 1.29 is 4.74 Å². The third-order valence-electron chi connectivity index (χ3n) is 16.1. The van der Waals surface area contributed by atoms with Gasteiger partial charge in [-0.2, -0.15) is 0 Å². The van der Waals surface area contributed by atoms with Gasteiger partial charge in [0.25, 0.3) is 0 Å². The van der Waals surface area contributed by atoms with Gasteiger partial charge in [0, 0.05) is 70.3 Å². The van der Waals surface area contributed by atoms with Crippen LogP contribution in [-0.4, -0.2) is 39.9 Å². The van der Waals surface area contributed by atoms with Crippen molar-refractivity contribution in [3.8, 4) is 34.0 Å². The normalized spacial score (nSPS) is 12.6. The van der Waals surface area contributed by atoms with E-state index in [9.17, 15) is 0 Å². The predicted octanol–water partition coefficient (Wildman–Crippen LogP) is 17.9. The van der Waals surface area contributed by atoms with Crippen molar-refractivity contribution in [1.82, 2.24) is 39.9 Å². The Kier molecular flexibility index (Phi) is 15.4.